The second-order valence-corrected chi connectivity index (χ2v) is 9.50. The zero-order chi connectivity index (χ0) is 18.1. The Labute approximate surface area is 154 Å². The fraction of sp³-hybridized carbons (Fsp3) is 0.450. The third-order valence-electron chi connectivity index (χ3n) is 5.53. The zero-order valence-electron chi connectivity index (χ0n) is 14.7. The number of fused-ring (bicyclic) bond motifs is 1. The van der Waals surface area contributed by atoms with Crippen LogP contribution in [0.25, 0.3) is 10.8 Å². The van der Waals surface area contributed by atoms with Crippen LogP contribution in [-0.4, -0.2) is 55.9 Å². The van der Waals surface area contributed by atoms with Crippen molar-refractivity contribution < 1.29 is 13.2 Å². The molecule has 2 aromatic rings. The molecule has 0 unspecified atom stereocenters. The van der Waals surface area contributed by atoms with Crippen molar-refractivity contribution in [3.8, 4) is 0 Å². The third kappa shape index (κ3) is 3.48. The van der Waals surface area contributed by atoms with Crippen molar-refractivity contribution in [3.05, 3.63) is 48.0 Å². The first-order valence-corrected chi connectivity index (χ1v) is 11.1. The summed E-state index contributed by atoms with van der Waals surface area (Å²) in [6.45, 7) is 1.83. The Morgan fingerprint density at radius 3 is 2.50 bits per heavy atom. The molecule has 2 atom stereocenters. The summed E-state index contributed by atoms with van der Waals surface area (Å²) in [5.41, 5.74) is 0.602. The summed E-state index contributed by atoms with van der Waals surface area (Å²) in [7, 11) is -3.12. The first-order valence-electron chi connectivity index (χ1n) is 9.27. The highest BCUT2D eigenvalue weighted by atomic mass is 32.2. The topological polar surface area (TPSA) is 66.5 Å². The van der Waals surface area contributed by atoms with E-state index in [4.69, 9.17) is 0 Å². The Bertz CT molecular complexity index is 914. The quantitative estimate of drug-likeness (QED) is 0.897. The summed E-state index contributed by atoms with van der Waals surface area (Å²) in [6, 6.07) is 12.9. The van der Waals surface area contributed by atoms with Crippen LogP contribution in [0.4, 0.5) is 0 Å². The van der Waals surface area contributed by atoms with E-state index in [0.717, 1.165) is 36.7 Å². The van der Waals surface area contributed by atoms with Gasteiger partial charge in [-0.2, -0.15) is 0 Å². The second-order valence-electron chi connectivity index (χ2n) is 7.35. The van der Waals surface area contributed by atoms with E-state index < -0.39 is 9.84 Å². The molecule has 6 heteroatoms. The van der Waals surface area contributed by atoms with Crippen molar-refractivity contribution in [2.24, 2.45) is 0 Å². The number of sulfone groups is 1. The number of carbonyl (C=O) groups excluding carboxylic acids is 1. The van der Waals surface area contributed by atoms with Crippen molar-refractivity contribution >= 4 is 26.5 Å². The largest absolute Gasteiger partial charge is 0.347 e. The Morgan fingerprint density at radius 2 is 1.69 bits per heavy atom. The van der Waals surface area contributed by atoms with Gasteiger partial charge in [0.1, 0.15) is 0 Å². The number of likely N-dealkylation sites (tertiary alicyclic amines) is 1. The number of piperidine rings is 1. The molecule has 0 spiro atoms. The fourth-order valence-corrected chi connectivity index (χ4v) is 6.20. The maximum absolute atomic E-state index is 12.9. The van der Waals surface area contributed by atoms with Crippen LogP contribution in [0.15, 0.2) is 42.5 Å². The number of nitrogens with zero attached hydrogens (tertiary/aromatic N) is 1. The molecule has 4 rings (SSSR count). The van der Waals surface area contributed by atoms with E-state index in [9.17, 15) is 13.2 Å². The molecule has 0 radical (unpaired) electrons. The lowest BCUT2D eigenvalue weighted by atomic mass is 10.0. The van der Waals surface area contributed by atoms with E-state index >= 15 is 0 Å². The van der Waals surface area contributed by atoms with Crippen molar-refractivity contribution in [2.75, 3.05) is 24.6 Å². The molecule has 0 saturated carbocycles. The molecule has 0 aliphatic carbocycles. The van der Waals surface area contributed by atoms with E-state index in [2.05, 4.69) is 10.2 Å². The number of hydrogen-bond acceptors (Lipinski definition) is 4. The van der Waals surface area contributed by atoms with Gasteiger partial charge in [0, 0.05) is 11.6 Å². The van der Waals surface area contributed by atoms with Gasteiger partial charge < -0.3 is 5.32 Å². The molecule has 2 aliphatic rings. The zero-order valence-corrected chi connectivity index (χ0v) is 15.5. The molecular formula is C20H24N2O3S. The predicted molar refractivity (Wildman–Crippen MR) is 103 cm³/mol. The van der Waals surface area contributed by atoms with Gasteiger partial charge in [0.2, 0.25) is 0 Å². The fourth-order valence-electron chi connectivity index (χ4n) is 4.25. The van der Waals surface area contributed by atoms with E-state index in [1.165, 1.54) is 6.42 Å². The molecule has 138 valence electrons. The van der Waals surface area contributed by atoms with E-state index in [1.807, 2.05) is 36.4 Å². The summed E-state index contributed by atoms with van der Waals surface area (Å²) >= 11 is 0. The molecule has 0 aromatic heterocycles. The van der Waals surface area contributed by atoms with E-state index in [-0.39, 0.29) is 29.5 Å². The smallest absolute Gasteiger partial charge is 0.252 e. The van der Waals surface area contributed by atoms with Crippen molar-refractivity contribution in [1.29, 1.82) is 0 Å². The SMILES string of the molecule is O=C(N[C@@H]1CS(=O)(=O)C[C@H]1N1CCCCC1)c1cccc2ccccc12. The van der Waals surface area contributed by atoms with Crippen LogP contribution < -0.4 is 5.32 Å². The highest BCUT2D eigenvalue weighted by Gasteiger charge is 2.42. The Kier molecular flexibility index (Phi) is 4.71. The number of hydrogen-bond donors (Lipinski definition) is 1. The number of amides is 1. The lowest BCUT2D eigenvalue weighted by Crippen LogP contribution is -2.52. The van der Waals surface area contributed by atoms with Crippen LogP contribution in [0.2, 0.25) is 0 Å². The minimum Gasteiger partial charge on any atom is -0.347 e. The lowest BCUT2D eigenvalue weighted by molar-refractivity contribution is 0.0901. The van der Waals surface area contributed by atoms with Gasteiger partial charge in [0.05, 0.1) is 17.5 Å². The van der Waals surface area contributed by atoms with Gasteiger partial charge in [-0.05, 0) is 42.8 Å². The molecule has 0 bridgehead atoms. The van der Waals surface area contributed by atoms with Gasteiger partial charge in [0.25, 0.3) is 5.91 Å². The molecule has 5 nitrogen and oxygen atoms in total. The van der Waals surface area contributed by atoms with Crippen LogP contribution in [0.5, 0.6) is 0 Å². The normalized spacial score (nSPS) is 26.0. The summed E-state index contributed by atoms with van der Waals surface area (Å²) in [5, 5.41) is 4.93. The molecule has 1 amide bonds. The maximum atomic E-state index is 12.9. The van der Waals surface area contributed by atoms with Crippen molar-refractivity contribution in [2.45, 2.75) is 31.3 Å². The van der Waals surface area contributed by atoms with E-state index in [0.29, 0.717) is 5.56 Å². The van der Waals surface area contributed by atoms with E-state index in [1.54, 1.807) is 6.07 Å². The van der Waals surface area contributed by atoms with Gasteiger partial charge in [-0.15, -0.1) is 0 Å². The number of nitrogens with one attached hydrogen (secondary N) is 1. The molecule has 2 heterocycles. The monoisotopic (exact) mass is 372 g/mol. The first kappa shape index (κ1) is 17.5. The highest BCUT2D eigenvalue weighted by Crippen LogP contribution is 2.24. The Hall–Kier alpha value is -1.92. The van der Waals surface area contributed by atoms with Crippen LogP contribution in [0.1, 0.15) is 29.6 Å². The van der Waals surface area contributed by atoms with Crippen LogP contribution in [0.3, 0.4) is 0 Å². The summed E-state index contributed by atoms with van der Waals surface area (Å²) in [4.78, 5) is 15.2. The summed E-state index contributed by atoms with van der Waals surface area (Å²) in [5.74, 6) is -0.0102. The number of benzene rings is 2. The molecule has 26 heavy (non-hydrogen) atoms. The molecule has 2 aliphatic heterocycles. The standard InChI is InChI=1S/C20H24N2O3S/c23-20(17-10-6-8-15-7-2-3-9-16(15)17)21-18-13-26(24,25)14-19(18)22-11-4-1-5-12-22/h2-3,6-10,18-19H,1,4-5,11-14H2,(H,21,23)/t18-,19-/m1/s1. The second kappa shape index (κ2) is 7.00. The van der Waals surface area contributed by atoms with Gasteiger partial charge in [-0.3, -0.25) is 9.69 Å². The van der Waals surface area contributed by atoms with Gasteiger partial charge >= 0.3 is 0 Å². The molecule has 1 N–H and O–H groups in total. The van der Waals surface area contributed by atoms with Gasteiger partial charge in [-0.1, -0.05) is 42.8 Å². The molecular weight excluding hydrogens is 348 g/mol. The third-order valence-corrected chi connectivity index (χ3v) is 7.25. The van der Waals surface area contributed by atoms with Gasteiger partial charge in [-0.25, -0.2) is 8.42 Å². The number of carbonyl (C=O) groups is 1. The first-order chi connectivity index (χ1) is 12.5. The van der Waals surface area contributed by atoms with Crippen molar-refractivity contribution in [1.82, 2.24) is 10.2 Å². The van der Waals surface area contributed by atoms with Crippen molar-refractivity contribution in [3.63, 3.8) is 0 Å². The highest BCUT2D eigenvalue weighted by molar-refractivity contribution is 7.91. The average Bonchev–Trinajstić information content (AvgIpc) is 2.96. The Balaban J connectivity index is 1.58. The minimum absolute atomic E-state index is 0.0324. The molecule has 2 aromatic carbocycles. The predicted octanol–water partition coefficient (Wildman–Crippen LogP) is 2.22. The van der Waals surface area contributed by atoms with Crippen LogP contribution in [-0.2, 0) is 9.84 Å². The summed E-state index contributed by atoms with van der Waals surface area (Å²) < 4.78 is 24.5. The minimum atomic E-state index is -3.12. The van der Waals surface area contributed by atoms with Crippen LogP contribution >= 0.6 is 0 Å². The van der Waals surface area contributed by atoms with Gasteiger partial charge in [0.15, 0.2) is 9.84 Å². The maximum Gasteiger partial charge on any atom is 0.252 e. The molecule has 2 fully saturated rings. The number of rotatable bonds is 3. The lowest BCUT2D eigenvalue weighted by Gasteiger charge is -2.35. The van der Waals surface area contributed by atoms with Crippen LogP contribution in [0, 0.1) is 0 Å². The summed E-state index contributed by atoms with van der Waals surface area (Å²) in [6.07, 6.45) is 3.39. The Morgan fingerprint density at radius 1 is 0.962 bits per heavy atom. The molecule has 2 saturated heterocycles. The average molecular weight is 372 g/mol.